The number of rotatable bonds is 7. The molecule has 0 spiro atoms. The van der Waals surface area contributed by atoms with Gasteiger partial charge in [0.1, 0.15) is 35.0 Å². The minimum Gasteiger partial charge on any atom is -0.508 e. The summed E-state index contributed by atoms with van der Waals surface area (Å²) in [7, 11) is 0. The van der Waals surface area contributed by atoms with Crippen LogP contribution in [0.25, 0.3) is 0 Å². The molecule has 0 bridgehead atoms. The molecule has 5 unspecified atom stereocenters. The zero-order valence-corrected chi connectivity index (χ0v) is 15.5. The minimum atomic E-state index is -1.32. The summed E-state index contributed by atoms with van der Waals surface area (Å²) < 4.78 is 10.9. The number of ether oxygens (including phenoxy) is 2. The number of benzene rings is 1. The second-order valence-electron chi connectivity index (χ2n) is 7.07. The number of ketones is 1. The second kappa shape index (κ2) is 8.93. The number of hydrogen-bond donors (Lipinski definition) is 6. The third-order valence-corrected chi connectivity index (χ3v) is 4.84. The van der Waals surface area contributed by atoms with Gasteiger partial charge in [0, 0.05) is 25.0 Å². The summed E-state index contributed by atoms with van der Waals surface area (Å²) in [6, 6.07) is 2.11. The number of aromatic hydroxyl groups is 2. The third kappa shape index (κ3) is 4.95. The van der Waals surface area contributed by atoms with Crippen molar-refractivity contribution in [2.45, 2.75) is 50.0 Å². The van der Waals surface area contributed by atoms with Crippen LogP contribution in [-0.4, -0.2) is 73.7 Å². The van der Waals surface area contributed by atoms with E-state index in [4.69, 9.17) is 9.47 Å². The fraction of sp³-hybridized carbons (Fsp3) is 0.450. The first-order valence-corrected chi connectivity index (χ1v) is 9.23. The van der Waals surface area contributed by atoms with Gasteiger partial charge in [0.15, 0.2) is 5.78 Å². The van der Waals surface area contributed by atoms with E-state index in [9.17, 15) is 35.4 Å². The number of Topliss-reactive ketones (excluding diaryl/α,β-unsaturated/α-hetero) is 1. The first-order chi connectivity index (χ1) is 13.8. The van der Waals surface area contributed by atoms with Gasteiger partial charge < -0.3 is 40.1 Å². The van der Waals surface area contributed by atoms with Crippen LogP contribution in [0.3, 0.4) is 0 Å². The SMILES string of the molecule is O=C(CCC1=CC(O)C=C1)c1c(O)cc(O)cc1OC1OC(CO)C(O)CC1O. The lowest BCUT2D eigenvalue weighted by Gasteiger charge is -2.36. The Labute approximate surface area is 166 Å². The molecule has 1 fully saturated rings. The summed E-state index contributed by atoms with van der Waals surface area (Å²) in [6.07, 6.45) is -0.218. The molecule has 2 aliphatic rings. The summed E-state index contributed by atoms with van der Waals surface area (Å²) in [5, 5.41) is 58.6. The van der Waals surface area contributed by atoms with Crippen LogP contribution in [0.1, 0.15) is 29.6 Å². The molecule has 1 heterocycles. The van der Waals surface area contributed by atoms with Crippen LogP contribution in [0.2, 0.25) is 0 Å². The molecule has 1 aromatic rings. The Bertz CT molecular complexity index is 816. The van der Waals surface area contributed by atoms with Crippen LogP contribution >= 0.6 is 0 Å². The van der Waals surface area contributed by atoms with E-state index in [0.29, 0.717) is 6.42 Å². The summed E-state index contributed by atoms with van der Waals surface area (Å²) in [4.78, 5) is 12.7. The molecule has 1 aliphatic carbocycles. The highest BCUT2D eigenvalue weighted by Gasteiger charge is 2.38. The molecular weight excluding hydrogens is 384 g/mol. The smallest absolute Gasteiger partial charge is 0.226 e. The van der Waals surface area contributed by atoms with Gasteiger partial charge in [-0.15, -0.1) is 0 Å². The third-order valence-electron chi connectivity index (χ3n) is 4.84. The summed E-state index contributed by atoms with van der Waals surface area (Å²) in [5.74, 6) is -1.52. The molecule has 1 saturated heterocycles. The number of carbonyl (C=O) groups is 1. The van der Waals surface area contributed by atoms with Crippen molar-refractivity contribution in [2.75, 3.05) is 6.61 Å². The number of hydrogen-bond acceptors (Lipinski definition) is 9. The Hall–Kier alpha value is -2.43. The molecule has 0 aromatic heterocycles. The number of aliphatic hydroxyl groups is 4. The topological polar surface area (TPSA) is 157 Å². The van der Waals surface area contributed by atoms with Gasteiger partial charge in [-0.25, -0.2) is 0 Å². The van der Waals surface area contributed by atoms with Gasteiger partial charge in [0.05, 0.1) is 18.8 Å². The number of allylic oxidation sites excluding steroid dienone is 2. The molecular formula is C20H24O9. The molecule has 158 valence electrons. The average Bonchev–Trinajstić information content (AvgIpc) is 3.07. The van der Waals surface area contributed by atoms with Crippen LogP contribution in [-0.2, 0) is 4.74 Å². The molecule has 0 saturated carbocycles. The van der Waals surface area contributed by atoms with E-state index in [0.717, 1.165) is 17.7 Å². The zero-order valence-electron chi connectivity index (χ0n) is 15.5. The number of phenolic OH excluding ortho intramolecular Hbond substituents is 2. The van der Waals surface area contributed by atoms with Crippen molar-refractivity contribution in [1.29, 1.82) is 0 Å². The van der Waals surface area contributed by atoms with Gasteiger partial charge in [0.25, 0.3) is 0 Å². The highest BCUT2D eigenvalue weighted by atomic mass is 16.7. The maximum Gasteiger partial charge on any atom is 0.226 e. The number of phenols is 2. The standard InChI is InChI=1S/C20H24O9/c21-9-18-14(25)8-16(27)20(29-18)28-17-7-12(23)6-15(26)19(17)13(24)4-2-10-1-3-11(22)5-10/h1,3,5-7,11,14,16,18,20-23,25-27H,2,4,8-9H2. The van der Waals surface area contributed by atoms with Gasteiger partial charge in [0.2, 0.25) is 6.29 Å². The molecule has 0 radical (unpaired) electrons. The highest BCUT2D eigenvalue weighted by Crippen LogP contribution is 2.36. The molecule has 1 aliphatic heterocycles. The Morgan fingerprint density at radius 3 is 2.59 bits per heavy atom. The Balaban J connectivity index is 1.79. The molecule has 29 heavy (non-hydrogen) atoms. The van der Waals surface area contributed by atoms with E-state index < -0.39 is 48.8 Å². The first kappa shape index (κ1) is 21.3. The van der Waals surface area contributed by atoms with Gasteiger partial charge in [-0.2, -0.15) is 0 Å². The average molecular weight is 408 g/mol. The predicted molar refractivity (Wildman–Crippen MR) is 99.6 cm³/mol. The molecule has 6 N–H and O–H groups in total. The molecule has 1 aromatic carbocycles. The van der Waals surface area contributed by atoms with Crippen molar-refractivity contribution >= 4 is 5.78 Å². The first-order valence-electron chi connectivity index (χ1n) is 9.23. The van der Waals surface area contributed by atoms with Gasteiger partial charge >= 0.3 is 0 Å². The van der Waals surface area contributed by atoms with Gasteiger partial charge in [-0.05, 0) is 18.1 Å². The van der Waals surface area contributed by atoms with Crippen molar-refractivity contribution in [1.82, 2.24) is 0 Å². The van der Waals surface area contributed by atoms with Crippen LogP contribution in [0.15, 0.2) is 35.9 Å². The number of carbonyl (C=O) groups excluding carboxylic acids is 1. The van der Waals surface area contributed by atoms with Gasteiger partial charge in [-0.1, -0.05) is 12.2 Å². The van der Waals surface area contributed by atoms with E-state index in [1.807, 2.05) is 0 Å². The maximum absolute atomic E-state index is 12.7. The summed E-state index contributed by atoms with van der Waals surface area (Å²) >= 11 is 0. The number of aliphatic hydroxyl groups excluding tert-OH is 4. The van der Waals surface area contributed by atoms with E-state index in [1.54, 1.807) is 18.2 Å². The van der Waals surface area contributed by atoms with Crippen LogP contribution in [0.5, 0.6) is 17.2 Å². The molecule has 5 atom stereocenters. The predicted octanol–water partition coefficient (Wildman–Crippen LogP) is 0.126. The molecule has 3 rings (SSSR count). The Kier molecular flexibility index (Phi) is 6.56. The molecule has 9 heteroatoms. The maximum atomic E-state index is 12.7. The van der Waals surface area contributed by atoms with Crippen LogP contribution in [0.4, 0.5) is 0 Å². The van der Waals surface area contributed by atoms with E-state index in [-0.39, 0.29) is 29.9 Å². The largest absolute Gasteiger partial charge is 0.508 e. The lowest BCUT2D eigenvalue weighted by molar-refractivity contribution is -0.240. The zero-order chi connectivity index (χ0) is 21.1. The van der Waals surface area contributed by atoms with Crippen molar-refractivity contribution < 1.29 is 44.9 Å². The molecule has 0 amide bonds. The van der Waals surface area contributed by atoms with E-state index >= 15 is 0 Å². The Morgan fingerprint density at radius 1 is 1.17 bits per heavy atom. The molecule has 9 nitrogen and oxygen atoms in total. The second-order valence-corrected chi connectivity index (χ2v) is 7.07. The van der Waals surface area contributed by atoms with Crippen LogP contribution in [0, 0.1) is 0 Å². The minimum absolute atomic E-state index is 0.00362. The fourth-order valence-electron chi connectivity index (χ4n) is 3.32. The van der Waals surface area contributed by atoms with Gasteiger partial charge in [-0.3, -0.25) is 4.79 Å². The summed E-state index contributed by atoms with van der Waals surface area (Å²) in [6.45, 7) is -0.501. The quantitative estimate of drug-likeness (QED) is 0.345. The fourth-order valence-corrected chi connectivity index (χ4v) is 3.32. The Morgan fingerprint density at radius 2 is 1.93 bits per heavy atom. The highest BCUT2D eigenvalue weighted by molar-refractivity contribution is 6.01. The van der Waals surface area contributed by atoms with Crippen molar-refractivity contribution in [3.05, 3.63) is 41.5 Å². The van der Waals surface area contributed by atoms with Crippen molar-refractivity contribution in [2.24, 2.45) is 0 Å². The van der Waals surface area contributed by atoms with E-state index in [1.165, 1.54) is 0 Å². The van der Waals surface area contributed by atoms with E-state index in [2.05, 4.69) is 0 Å². The van der Waals surface area contributed by atoms with Crippen molar-refractivity contribution in [3.8, 4) is 17.2 Å². The van der Waals surface area contributed by atoms with Crippen molar-refractivity contribution in [3.63, 3.8) is 0 Å². The normalized spacial score (nSPS) is 29.0. The van der Waals surface area contributed by atoms with Crippen LogP contribution < -0.4 is 4.74 Å². The lowest BCUT2D eigenvalue weighted by atomic mass is 10.0. The lowest BCUT2D eigenvalue weighted by Crippen LogP contribution is -2.51. The monoisotopic (exact) mass is 408 g/mol. The summed E-state index contributed by atoms with van der Waals surface area (Å²) in [5.41, 5.74) is 0.589.